The Morgan fingerprint density at radius 2 is 1.58 bits per heavy atom. The number of hydrogen-bond acceptors (Lipinski definition) is 4. The summed E-state index contributed by atoms with van der Waals surface area (Å²) in [5.41, 5.74) is 11.7. The Bertz CT molecular complexity index is 403. The molecule has 5 nitrogen and oxygen atoms in total. The zero-order valence-corrected chi connectivity index (χ0v) is 11.7. The molecule has 5 heteroatoms. The van der Waals surface area contributed by atoms with E-state index < -0.39 is 0 Å². The summed E-state index contributed by atoms with van der Waals surface area (Å²) in [7, 11) is 0. The van der Waals surface area contributed by atoms with Gasteiger partial charge in [-0.15, -0.1) is 0 Å². The molecule has 0 aliphatic heterocycles. The molecule has 0 unspecified atom stereocenters. The van der Waals surface area contributed by atoms with E-state index in [1.807, 2.05) is 0 Å². The van der Waals surface area contributed by atoms with E-state index in [0.717, 1.165) is 31.4 Å². The molecule has 0 saturated heterocycles. The Balaban J connectivity index is 2.03. The van der Waals surface area contributed by atoms with Gasteiger partial charge >= 0.3 is 5.69 Å². The normalized spacial score (nSPS) is 10.8. The van der Waals surface area contributed by atoms with Gasteiger partial charge in [-0.1, -0.05) is 38.5 Å². The predicted octanol–water partition coefficient (Wildman–Crippen LogP) is 1.97. The van der Waals surface area contributed by atoms with E-state index in [0.29, 0.717) is 5.82 Å². The first-order valence-corrected chi connectivity index (χ1v) is 7.28. The number of aromatic amines is 1. The molecule has 0 aliphatic carbocycles. The van der Waals surface area contributed by atoms with Gasteiger partial charge in [0.1, 0.15) is 5.82 Å². The van der Waals surface area contributed by atoms with Crippen LogP contribution in [0, 0.1) is 0 Å². The lowest BCUT2D eigenvalue weighted by Gasteiger charge is -2.04. The zero-order valence-electron chi connectivity index (χ0n) is 11.7. The second-order valence-corrected chi connectivity index (χ2v) is 4.99. The Hall–Kier alpha value is -1.36. The Labute approximate surface area is 114 Å². The number of unbranched alkanes of at least 4 members (excludes halogenated alkanes) is 7. The molecule has 0 fully saturated rings. The molecule has 1 aromatic rings. The second-order valence-electron chi connectivity index (χ2n) is 4.99. The summed E-state index contributed by atoms with van der Waals surface area (Å²) in [4.78, 5) is 17.1. The van der Waals surface area contributed by atoms with E-state index >= 15 is 0 Å². The van der Waals surface area contributed by atoms with E-state index in [2.05, 4.69) is 9.97 Å². The molecule has 0 aliphatic rings. The molecule has 0 radical (unpaired) electrons. The quantitative estimate of drug-likeness (QED) is 0.564. The molecule has 108 valence electrons. The van der Waals surface area contributed by atoms with Crippen molar-refractivity contribution in [1.29, 1.82) is 0 Å². The van der Waals surface area contributed by atoms with Crippen LogP contribution in [0.2, 0.25) is 0 Å². The van der Waals surface area contributed by atoms with Crippen LogP contribution in [0.3, 0.4) is 0 Å². The van der Waals surface area contributed by atoms with E-state index in [9.17, 15) is 4.79 Å². The number of aryl methyl sites for hydroxylation is 1. The molecule has 1 heterocycles. The highest BCUT2D eigenvalue weighted by Gasteiger charge is 2.00. The third kappa shape index (κ3) is 6.96. The number of nitrogen functional groups attached to an aromatic ring is 1. The number of rotatable bonds is 10. The molecule has 1 aromatic heterocycles. The molecule has 0 bridgehead atoms. The van der Waals surface area contributed by atoms with Gasteiger partial charge in [0.15, 0.2) is 0 Å². The summed E-state index contributed by atoms with van der Waals surface area (Å²) < 4.78 is 0. The second kappa shape index (κ2) is 9.55. The Morgan fingerprint density at radius 1 is 1.00 bits per heavy atom. The third-order valence-corrected chi connectivity index (χ3v) is 3.33. The molecule has 5 N–H and O–H groups in total. The molecule has 1 rings (SSSR count). The number of hydrogen-bond donors (Lipinski definition) is 3. The summed E-state index contributed by atoms with van der Waals surface area (Å²) in [5, 5.41) is 0. The minimum absolute atomic E-state index is 0.376. The molecular formula is C14H26N4O. The molecule has 0 atom stereocenters. The fraction of sp³-hybridized carbons (Fsp3) is 0.714. The van der Waals surface area contributed by atoms with Crippen molar-refractivity contribution in [2.45, 2.75) is 57.8 Å². The summed E-state index contributed by atoms with van der Waals surface area (Å²) in [6.45, 7) is 0.814. The fourth-order valence-corrected chi connectivity index (χ4v) is 2.15. The summed E-state index contributed by atoms with van der Waals surface area (Å²) >= 11 is 0. The monoisotopic (exact) mass is 266 g/mol. The largest absolute Gasteiger partial charge is 0.385 e. The van der Waals surface area contributed by atoms with Crippen LogP contribution in [0.15, 0.2) is 11.0 Å². The van der Waals surface area contributed by atoms with Gasteiger partial charge in [0, 0.05) is 11.8 Å². The predicted molar refractivity (Wildman–Crippen MR) is 79.0 cm³/mol. The van der Waals surface area contributed by atoms with Gasteiger partial charge in [0.05, 0.1) is 0 Å². The highest BCUT2D eigenvalue weighted by molar-refractivity contribution is 5.36. The average Bonchev–Trinajstić information content (AvgIpc) is 2.39. The highest BCUT2D eigenvalue weighted by Crippen LogP contribution is 2.12. The number of nitrogens with zero attached hydrogens (tertiary/aromatic N) is 1. The van der Waals surface area contributed by atoms with Gasteiger partial charge in [0.2, 0.25) is 0 Å². The number of H-pyrrole nitrogens is 1. The highest BCUT2D eigenvalue weighted by atomic mass is 16.1. The van der Waals surface area contributed by atoms with Crippen molar-refractivity contribution in [3.8, 4) is 0 Å². The molecule has 0 aromatic carbocycles. The van der Waals surface area contributed by atoms with Gasteiger partial charge in [-0.2, -0.15) is 0 Å². The van der Waals surface area contributed by atoms with Crippen LogP contribution in [0.5, 0.6) is 0 Å². The lowest BCUT2D eigenvalue weighted by molar-refractivity contribution is 0.569. The molecule has 0 amide bonds. The van der Waals surface area contributed by atoms with Crippen LogP contribution in [0.25, 0.3) is 0 Å². The molecule has 0 saturated carbocycles. The minimum atomic E-state index is -0.376. The summed E-state index contributed by atoms with van der Waals surface area (Å²) in [5.74, 6) is 0.460. The SMILES string of the molecule is NCCCCCCCCCCc1cnc(=O)[nH]c1N. The summed E-state index contributed by atoms with van der Waals surface area (Å²) in [6, 6.07) is 0. The first-order chi connectivity index (χ1) is 9.24. The molecule has 19 heavy (non-hydrogen) atoms. The van der Waals surface area contributed by atoms with Gasteiger partial charge in [-0.25, -0.2) is 9.78 Å². The van der Waals surface area contributed by atoms with Crippen LogP contribution in [-0.4, -0.2) is 16.5 Å². The van der Waals surface area contributed by atoms with Crippen molar-refractivity contribution >= 4 is 5.82 Å². The maximum atomic E-state index is 10.9. The van der Waals surface area contributed by atoms with Crippen molar-refractivity contribution in [3.05, 3.63) is 22.2 Å². The smallest absolute Gasteiger partial charge is 0.346 e. The number of anilines is 1. The maximum Gasteiger partial charge on any atom is 0.346 e. The number of aromatic nitrogens is 2. The van der Waals surface area contributed by atoms with Gasteiger partial charge in [0.25, 0.3) is 0 Å². The van der Waals surface area contributed by atoms with Gasteiger partial charge in [-0.3, -0.25) is 4.98 Å². The van der Waals surface area contributed by atoms with Crippen LogP contribution >= 0.6 is 0 Å². The minimum Gasteiger partial charge on any atom is -0.385 e. The molecule has 0 spiro atoms. The van der Waals surface area contributed by atoms with Crippen LogP contribution in [0.4, 0.5) is 5.82 Å². The van der Waals surface area contributed by atoms with Crippen LogP contribution in [-0.2, 0) is 6.42 Å². The van der Waals surface area contributed by atoms with Crippen molar-refractivity contribution < 1.29 is 0 Å². The van der Waals surface area contributed by atoms with Crippen LogP contribution in [0.1, 0.15) is 56.9 Å². The van der Waals surface area contributed by atoms with Gasteiger partial charge in [-0.05, 0) is 25.8 Å². The third-order valence-electron chi connectivity index (χ3n) is 3.33. The van der Waals surface area contributed by atoms with E-state index in [-0.39, 0.29) is 5.69 Å². The number of nitrogens with one attached hydrogen (secondary N) is 1. The van der Waals surface area contributed by atoms with Gasteiger partial charge < -0.3 is 11.5 Å². The summed E-state index contributed by atoms with van der Waals surface area (Å²) in [6.07, 6.45) is 12.4. The van der Waals surface area contributed by atoms with Crippen molar-refractivity contribution in [1.82, 2.24) is 9.97 Å². The lowest BCUT2D eigenvalue weighted by atomic mass is 10.1. The first kappa shape index (κ1) is 15.7. The van der Waals surface area contributed by atoms with E-state index in [1.165, 1.54) is 38.5 Å². The lowest BCUT2D eigenvalue weighted by Crippen LogP contribution is -2.13. The first-order valence-electron chi connectivity index (χ1n) is 7.28. The van der Waals surface area contributed by atoms with E-state index in [4.69, 9.17) is 11.5 Å². The van der Waals surface area contributed by atoms with Crippen LogP contribution < -0.4 is 17.2 Å². The topological polar surface area (TPSA) is 97.8 Å². The van der Waals surface area contributed by atoms with Crippen molar-refractivity contribution in [2.24, 2.45) is 5.73 Å². The maximum absolute atomic E-state index is 10.9. The Morgan fingerprint density at radius 3 is 2.16 bits per heavy atom. The number of nitrogens with two attached hydrogens (primary N) is 2. The standard InChI is InChI=1S/C14H26N4O/c15-10-8-6-4-2-1-3-5-7-9-12-11-17-14(19)18-13(12)16/h11H,1-10,15H2,(H3,16,17,18,19). The zero-order chi connectivity index (χ0) is 13.9. The van der Waals surface area contributed by atoms with E-state index in [1.54, 1.807) is 6.20 Å². The fourth-order valence-electron chi connectivity index (χ4n) is 2.15. The Kier molecular flexibility index (Phi) is 7.89. The average molecular weight is 266 g/mol. The molecular weight excluding hydrogens is 240 g/mol. The van der Waals surface area contributed by atoms with Crippen molar-refractivity contribution in [3.63, 3.8) is 0 Å². The van der Waals surface area contributed by atoms with Crippen molar-refractivity contribution in [2.75, 3.05) is 12.3 Å².